The van der Waals surface area contributed by atoms with Crippen LogP contribution in [0.5, 0.6) is 0 Å². The average Bonchev–Trinajstić information content (AvgIpc) is 2.29. The van der Waals surface area contributed by atoms with E-state index in [0.29, 0.717) is 12.4 Å². The molecule has 0 spiro atoms. The van der Waals surface area contributed by atoms with Crippen LogP contribution in [-0.2, 0) is 0 Å². The zero-order valence-corrected chi connectivity index (χ0v) is 9.01. The molecule has 0 aliphatic heterocycles. The van der Waals surface area contributed by atoms with E-state index in [0.717, 1.165) is 11.0 Å². The predicted molar refractivity (Wildman–Crippen MR) is 63.9 cm³/mol. The second-order valence-electron chi connectivity index (χ2n) is 3.58. The van der Waals surface area contributed by atoms with Gasteiger partial charge in [0.05, 0.1) is 5.52 Å². The van der Waals surface area contributed by atoms with Crippen LogP contribution in [-0.4, -0.2) is 21.2 Å². The number of hydrogen-bond acceptors (Lipinski definition) is 4. The molecular formula is C12H12N4. The summed E-state index contributed by atoms with van der Waals surface area (Å²) in [7, 11) is 0. The molecule has 0 radical (unpaired) electrons. The Morgan fingerprint density at radius 2 is 2.06 bits per heavy atom. The van der Waals surface area contributed by atoms with Gasteiger partial charge in [-0.25, -0.2) is 4.98 Å². The first kappa shape index (κ1) is 10.4. The topological polar surface area (TPSA) is 50.7 Å². The molecule has 1 atom stereocenters. The summed E-state index contributed by atoms with van der Waals surface area (Å²) in [5, 5.41) is 11.2. The first-order valence-electron chi connectivity index (χ1n) is 5.09. The van der Waals surface area contributed by atoms with Gasteiger partial charge in [0.2, 0.25) is 5.95 Å². The summed E-state index contributed by atoms with van der Waals surface area (Å²) in [6.07, 6.45) is 5.86. The van der Waals surface area contributed by atoms with Gasteiger partial charge in [0.25, 0.3) is 0 Å². The fourth-order valence-electron chi connectivity index (χ4n) is 1.39. The fraction of sp³-hybridized carbons (Fsp3) is 0.250. The number of terminal acetylenes is 1. The van der Waals surface area contributed by atoms with Crippen molar-refractivity contribution in [2.75, 3.05) is 5.32 Å². The molecule has 1 aromatic heterocycles. The monoisotopic (exact) mass is 212 g/mol. The minimum absolute atomic E-state index is 0.146. The summed E-state index contributed by atoms with van der Waals surface area (Å²) >= 11 is 0. The Kier molecular flexibility index (Phi) is 2.97. The van der Waals surface area contributed by atoms with Gasteiger partial charge in [0.1, 0.15) is 5.52 Å². The molecule has 0 fully saturated rings. The van der Waals surface area contributed by atoms with Crippen LogP contribution in [0.2, 0.25) is 0 Å². The van der Waals surface area contributed by atoms with Crippen molar-refractivity contribution in [1.29, 1.82) is 0 Å². The lowest BCUT2D eigenvalue weighted by Crippen LogP contribution is -2.16. The molecule has 0 aliphatic rings. The Bertz CT molecular complexity index is 530. The van der Waals surface area contributed by atoms with Gasteiger partial charge in [-0.15, -0.1) is 22.5 Å². The number of aromatic nitrogens is 3. The average molecular weight is 212 g/mol. The minimum Gasteiger partial charge on any atom is -0.349 e. The van der Waals surface area contributed by atoms with E-state index in [2.05, 4.69) is 26.4 Å². The van der Waals surface area contributed by atoms with Crippen molar-refractivity contribution in [2.45, 2.75) is 19.4 Å². The van der Waals surface area contributed by atoms with Crippen LogP contribution in [0.1, 0.15) is 13.3 Å². The Morgan fingerprint density at radius 3 is 2.81 bits per heavy atom. The molecule has 1 N–H and O–H groups in total. The molecule has 2 aromatic rings. The third-order valence-electron chi connectivity index (χ3n) is 2.16. The first-order chi connectivity index (χ1) is 7.79. The summed E-state index contributed by atoms with van der Waals surface area (Å²) in [5.41, 5.74) is 1.62. The SMILES string of the molecule is C#CCC(C)Nc1nnc2ccccc2n1. The maximum absolute atomic E-state index is 5.23. The number of nitrogens with zero attached hydrogens (tertiary/aromatic N) is 3. The van der Waals surface area contributed by atoms with Crippen molar-refractivity contribution in [2.24, 2.45) is 0 Å². The number of fused-ring (bicyclic) bond motifs is 1. The van der Waals surface area contributed by atoms with Crippen molar-refractivity contribution < 1.29 is 0 Å². The van der Waals surface area contributed by atoms with Gasteiger partial charge >= 0.3 is 0 Å². The van der Waals surface area contributed by atoms with Gasteiger partial charge in [0, 0.05) is 12.5 Å². The zero-order valence-electron chi connectivity index (χ0n) is 9.01. The van der Waals surface area contributed by atoms with Gasteiger partial charge < -0.3 is 5.32 Å². The van der Waals surface area contributed by atoms with E-state index in [-0.39, 0.29) is 6.04 Å². The summed E-state index contributed by atoms with van der Waals surface area (Å²) < 4.78 is 0. The number of para-hydroxylation sites is 1. The minimum atomic E-state index is 0.146. The normalized spacial score (nSPS) is 12.0. The smallest absolute Gasteiger partial charge is 0.243 e. The standard InChI is InChI=1S/C12H12N4/c1-3-6-9(2)13-12-14-10-7-4-5-8-11(10)15-16-12/h1,4-5,7-9H,6H2,2H3,(H,13,14,16). The van der Waals surface area contributed by atoms with Gasteiger partial charge in [-0.3, -0.25) is 0 Å². The fourth-order valence-corrected chi connectivity index (χ4v) is 1.39. The van der Waals surface area contributed by atoms with Crippen LogP contribution < -0.4 is 5.32 Å². The van der Waals surface area contributed by atoms with E-state index >= 15 is 0 Å². The molecule has 0 saturated heterocycles. The zero-order chi connectivity index (χ0) is 11.4. The quantitative estimate of drug-likeness (QED) is 0.789. The molecule has 0 bridgehead atoms. The van der Waals surface area contributed by atoms with E-state index in [9.17, 15) is 0 Å². The molecule has 16 heavy (non-hydrogen) atoms. The lowest BCUT2D eigenvalue weighted by atomic mass is 10.2. The van der Waals surface area contributed by atoms with Crippen LogP contribution in [0.4, 0.5) is 5.95 Å². The third kappa shape index (κ3) is 2.26. The second-order valence-corrected chi connectivity index (χ2v) is 3.58. The molecule has 1 heterocycles. The molecule has 80 valence electrons. The van der Waals surface area contributed by atoms with E-state index in [1.807, 2.05) is 31.2 Å². The first-order valence-corrected chi connectivity index (χ1v) is 5.09. The Hall–Kier alpha value is -2.15. The molecular weight excluding hydrogens is 200 g/mol. The van der Waals surface area contributed by atoms with Gasteiger partial charge in [-0.2, -0.15) is 0 Å². The molecule has 4 heteroatoms. The van der Waals surface area contributed by atoms with Crippen molar-refractivity contribution in [3.63, 3.8) is 0 Å². The second kappa shape index (κ2) is 4.58. The van der Waals surface area contributed by atoms with Crippen LogP contribution in [0.3, 0.4) is 0 Å². The lowest BCUT2D eigenvalue weighted by molar-refractivity contribution is 0.805. The number of benzene rings is 1. The summed E-state index contributed by atoms with van der Waals surface area (Å²) in [6.45, 7) is 1.98. The number of anilines is 1. The summed E-state index contributed by atoms with van der Waals surface area (Å²) in [4.78, 5) is 4.34. The number of nitrogens with one attached hydrogen (secondary N) is 1. The number of hydrogen-bond donors (Lipinski definition) is 1. The van der Waals surface area contributed by atoms with Crippen molar-refractivity contribution in [1.82, 2.24) is 15.2 Å². The summed E-state index contributed by atoms with van der Waals surface area (Å²) in [5.74, 6) is 3.10. The molecule has 0 amide bonds. The highest BCUT2D eigenvalue weighted by Gasteiger charge is 2.04. The Morgan fingerprint density at radius 1 is 1.31 bits per heavy atom. The van der Waals surface area contributed by atoms with Crippen LogP contribution in [0, 0.1) is 12.3 Å². The van der Waals surface area contributed by atoms with E-state index < -0.39 is 0 Å². The maximum Gasteiger partial charge on any atom is 0.243 e. The van der Waals surface area contributed by atoms with E-state index in [1.165, 1.54) is 0 Å². The molecule has 1 aromatic carbocycles. The van der Waals surface area contributed by atoms with Gasteiger partial charge in [-0.05, 0) is 19.1 Å². The molecule has 4 nitrogen and oxygen atoms in total. The highest BCUT2D eigenvalue weighted by molar-refractivity contribution is 5.74. The van der Waals surface area contributed by atoms with Crippen LogP contribution >= 0.6 is 0 Å². The Balaban J connectivity index is 2.23. The molecule has 0 aliphatic carbocycles. The summed E-state index contributed by atoms with van der Waals surface area (Å²) in [6, 6.07) is 7.76. The van der Waals surface area contributed by atoms with Crippen molar-refractivity contribution in [3.8, 4) is 12.3 Å². The highest BCUT2D eigenvalue weighted by atomic mass is 15.2. The van der Waals surface area contributed by atoms with Gasteiger partial charge in [0.15, 0.2) is 0 Å². The van der Waals surface area contributed by atoms with E-state index in [1.54, 1.807) is 0 Å². The molecule has 1 unspecified atom stereocenters. The van der Waals surface area contributed by atoms with Crippen molar-refractivity contribution in [3.05, 3.63) is 24.3 Å². The van der Waals surface area contributed by atoms with Crippen LogP contribution in [0.15, 0.2) is 24.3 Å². The van der Waals surface area contributed by atoms with Gasteiger partial charge in [-0.1, -0.05) is 12.1 Å². The predicted octanol–water partition coefficient (Wildman–Crippen LogP) is 1.85. The lowest BCUT2D eigenvalue weighted by Gasteiger charge is -2.09. The van der Waals surface area contributed by atoms with Crippen LogP contribution in [0.25, 0.3) is 11.0 Å². The maximum atomic E-state index is 5.23. The van der Waals surface area contributed by atoms with E-state index in [4.69, 9.17) is 6.42 Å². The third-order valence-corrected chi connectivity index (χ3v) is 2.16. The molecule has 2 rings (SSSR count). The Labute approximate surface area is 94.1 Å². The molecule has 0 saturated carbocycles. The largest absolute Gasteiger partial charge is 0.349 e. The van der Waals surface area contributed by atoms with Crippen molar-refractivity contribution >= 4 is 17.0 Å². The number of rotatable bonds is 3. The highest BCUT2D eigenvalue weighted by Crippen LogP contribution is 2.09.